The number of benzene rings is 1. The molecule has 1 aliphatic rings. The van der Waals surface area contributed by atoms with Crippen molar-refractivity contribution < 1.29 is 9.90 Å². The molecule has 4 heteroatoms. The summed E-state index contributed by atoms with van der Waals surface area (Å²) in [5, 5.41) is 10.1. The fourth-order valence-corrected chi connectivity index (χ4v) is 2.39. The molecule has 98 valence electrons. The van der Waals surface area contributed by atoms with Gasteiger partial charge in [-0.3, -0.25) is 4.79 Å². The predicted octanol–water partition coefficient (Wildman–Crippen LogP) is 1.56. The number of likely N-dealkylation sites (tertiary alicyclic amines) is 1. The maximum atomic E-state index is 12.1. The molecule has 1 aliphatic heterocycles. The second-order valence-electron chi connectivity index (χ2n) is 5.21. The Kier molecular flexibility index (Phi) is 3.30. The fraction of sp³-hybridized carbons (Fsp3) is 0.500. The minimum atomic E-state index is -0.680. The number of carbonyl (C=O) groups excluding carboxylic acids is 1. The van der Waals surface area contributed by atoms with E-state index in [4.69, 9.17) is 5.73 Å². The first-order chi connectivity index (χ1) is 8.45. The zero-order valence-electron chi connectivity index (χ0n) is 10.9. The number of nitrogen functional groups attached to an aromatic ring is 1. The molecule has 2 rings (SSSR count). The summed E-state index contributed by atoms with van der Waals surface area (Å²) >= 11 is 0. The zero-order valence-corrected chi connectivity index (χ0v) is 10.9. The van der Waals surface area contributed by atoms with Gasteiger partial charge in [-0.2, -0.15) is 0 Å². The van der Waals surface area contributed by atoms with Gasteiger partial charge < -0.3 is 15.7 Å². The van der Waals surface area contributed by atoms with E-state index in [1.807, 2.05) is 19.9 Å². The molecular weight excluding hydrogens is 228 g/mol. The SMILES string of the molecule is CCCC1(O)CN(C(=O)c2ccc(C)c(N)c2)C1. The van der Waals surface area contributed by atoms with Crippen LogP contribution < -0.4 is 5.73 Å². The molecule has 0 unspecified atom stereocenters. The highest BCUT2D eigenvalue weighted by molar-refractivity contribution is 5.96. The standard InChI is InChI=1S/C14H20N2O2/c1-3-6-14(18)8-16(9-14)13(17)11-5-4-10(2)12(15)7-11/h4-5,7,18H,3,6,8-9,15H2,1-2H3. The molecule has 0 saturated carbocycles. The Morgan fingerprint density at radius 2 is 2.17 bits per heavy atom. The Morgan fingerprint density at radius 3 is 2.72 bits per heavy atom. The highest BCUT2D eigenvalue weighted by Crippen LogP contribution is 2.27. The van der Waals surface area contributed by atoms with Gasteiger partial charge >= 0.3 is 0 Å². The van der Waals surface area contributed by atoms with Crippen LogP contribution in [0.1, 0.15) is 35.7 Å². The van der Waals surface area contributed by atoms with Crippen molar-refractivity contribution >= 4 is 11.6 Å². The molecule has 1 amide bonds. The molecule has 0 spiro atoms. The highest BCUT2D eigenvalue weighted by Gasteiger charge is 2.42. The molecule has 1 saturated heterocycles. The van der Waals surface area contributed by atoms with Crippen LogP contribution in [0.15, 0.2) is 18.2 Å². The van der Waals surface area contributed by atoms with E-state index in [2.05, 4.69) is 0 Å². The van der Waals surface area contributed by atoms with E-state index in [9.17, 15) is 9.90 Å². The molecule has 1 aromatic carbocycles. The first kappa shape index (κ1) is 12.9. The van der Waals surface area contributed by atoms with Gasteiger partial charge in [-0.25, -0.2) is 0 Å². The second kappa shape index (κ2) is 4.61. The van der Waals surface area contributed by atoms with Crippen molar-refractivity contribution in [3.05, 3.63) is 29.3 Å². The topological polar surface area (TPSA) is 66.6 Å². The van der Waals surface area contributed by atoms with Crippen LogP contribution in [-0.2, 0) is 0 Å². The van der Waals surface area contributed by atoms with Crippen molar-refractivity contribution in [2.45, 2.75) is 32.3 Å². The van der Waals surface area contributed by atoms with Gasteiger partial charge in [0.15, 0.2) is 0 Å². The molecule has 0 aliphatic carbocycles. The van der Waals surface area contributed by atoms with Gasteiger partial charge in [0.25, 0.3) is 5.91 Å². The lowest BCUT2D eigenvalue weighted by molar-refractivity contribution is -0.0860. The lowest BCUT2D eigenvalue weighted by Crippen LogP contribution is -2.63. The molecule has 0 radical (unpaired) electrons. The van der Waals surface area contributed by atoms with Crippen LogP contribution in [0.2, 0.25) is 0 Å². The van der Waals surface area contributed by atoms with Crippen molar-refractivity contribution in [3.8, 4) is 0 Å². The fourth-order valence-electron chi connectivity index (χ4n) is 2.39. The normalized spacial score (nSPS) is 17.4. The van der Waals surface area contributed by atoms with E-state index in [1.54, 1.807) is 17.0 Å². The smallest absolute Gasteiger partial charge is 0.254 e. The first-order valence-electron chi connectivity index (χ1n) is 6.33. The Labute approximate surface area is 107 Å². The average Bonchev–Trinajstić information content (AvgIpc) is 2.29. The Bertz CT molecular complexity index is 465. The third kappa shape index (κ3) is 2.34. The molecule has 0 bridgehead atoms. The summed E-state index contributed by atoms with van der Waals surface area (Å²) in [6.45, 7) is 4.79. The zero-order chi connectivity index (χ0) is 13.3. The molecule has 0 atom stereocenters. The molecule has 1 heterocycles. The lowest BCUT2D eigenvalue weighted by atomic mass is 9.88. The van der Waals surface area contributed by atoms with E-state index in [0.29, 0.717) is 24.3 Å². The maximum absolute atomic E-state index is 12.1. The van der Waals surface area contributed by atoms with Crippen LogP contribution in [0.5, 0.6) is 0 Å². The Morgan fingerprint density at radius 1 is 1.50 bits per heavy atom. The lowest BCUT2D eigenvalue weighted by Gasteiger charge is -2.46. The van der Waals surface area contributed by atoms with Gasteiger partial charge in [0.2, 0.25) is 0 Å². The van der Waals surface area contributed by atoms with Gasteiger partial charge in [0.1, 0.15) is 0 Å². The summed E-state index contributed by atoms with van der Waals surface area (Å²) in [4.78, 5) is 13.8. The van der Waals surface area contributed by atoms with E-state index < -0.39 is 5.60 Å². The minimum absolute atomic E-state index is 0.0533. The molecule has 4 nitrogen and oxygen atoms in total. The summed E-state index contributed by atoms with van der Waals surface area (Å²) in [6, 6.07) is 5.33. The molecule has 1 aromatic rings. The first-order valence-corrected chi connectivity index (χ1v) is 6.33. The van der Waals surface area contributed by atoms with Crippen LogP contribution >= 0.6 is 0 Å². The quantitative estimate of drug-likeness (QED) is 0.798. The predicted molar refractivity (Wildman–Crippen MR) is 71.4 cm³/mol. The Balaban J connectivity index is 2.03. The molecule has 0 aromatic heterocycles. The van der Waals surface area contributed by atoms with E-state index in [1.165, 1.54) is 0 Å². The number of hydrogen-bond donors (Lipinski definition) is 2. The Hall–Kier alpha value is -1.55. The van der Waals surface area contributed by atoms with Crippen molar-refractivity contribution in [1.29, 1.82) is 0 Å². The summed E-state index contributed by atoms with van der Waals surface area (Å²) in [5.41, 5.74) is 7.31. The summed E-state index contributed by atoms with van der Waals surface area (Å²) in [5.74, 6) is -0.0533. The van der Waals surface area contributed by atoms with Crippen LogP contribution in [0, 0.1) is 6.92 Å². The van der Waals surface area contributed by atoms with E-state index >= 15 is 0 Å². The monoisotopic (exact) mass is 248 g/mol. The largest absolute Gasteiger partial charge is 0.398 e. The number of β-amino-alcohol motifs (C(OH)–C–C–N with tert-alkyl or cyclic N) is 1. The number of aliphatic hydroxyl groups is 1. The van der Waals surface area contributed by atoms with Gasteiger partial charge in [0.05, 0.1) is 18.7 Å². The molecule has 1 fully saturated rings. The van der Waals surface area contributed by atoms with Crippen molar-refractivity contribution in [2.24, 2.45) is 0 Å². The number of nitrogens with zero attached hydrogens (tertiary/aromatic N) is 1. The summed E-state index contributed by atoms with van der Waals surface area (Å²) in [7, 11) is 0. The third-order valence-corrected chi connectivity index (χ3v) is 3.50. The number of aryl methyl sites for hydroxylation is 1. The number of hydrogen-bond acceptors (Lipinski definition) is 3. The van der Waals surface area contributed by atoms with Crippen molar-refractivity contribution in [3.63, 3.8) is 0 Å². The number of anilines is 1. The van der Waals surface area contributed by atoms with Crippen molar-refractivity contribution in [1.82, 2.24) is 4.90 Å². The van der Waals surface area contributed by atoms with Gasteiger partial charge in [0, 0.05) is 11.3 Å². The molecule has 18 heavy (non-hydrogen) atoms. The van der Waals surface area contributed by atoms with Crippen LogP contribution in [0.4, 0.5) is 5.69 Å². The van der Waals surface area contributed by atoms with E-state index in [0.717, 1.165) is 18.4 Å². The number of amides is 1. The van der Waals surface area contributed by atoms with Crippen molar-refractivity contribution in [2.75, 3.05) is 18.8 Å². The van der Waals surface area contributed by atoms with Gasteiger partial charge in [-0.15, -0.1) is 0 Å². The number of nitrogens with two attached hydrogens (primary N) is 1. The third-order valence-electron chi connectivity index (χ3n) is 3.50. The van der Waals surface area contributed by atoms with Gasteiger partial charge in [-0.1, -0.05) is 19.4 Å². The van der Waals surface area contributed by atoms with Gasteiger partial charge in [-0.05, 0) is 31.0 Å². The van der Waals surface area contributed by atoms with Crippen LogP contribution in [0.3, 0.4) is 0 Å². The van der Waals surface area contributed by atoms with E-state index in [-0.39, 0.29) is 5.91 Å². The van der Waals surface area contributed by atoms with Crippen LogP contribution in [0.25, 0.3) is 0 Å². The minimum Gasteiger partial charge on any atom is -0.398 e. The maximum Gasteiger partial charge on any atom is 0.254 e. The summed E-state index contributed by atoms with van der Waals surface area (Å²) < 4.78 is 0. The molecule has 3 N–H and O–H groups in total. The summed E-state index contributed by atoms with van der Waals surface area (Å²) in [6.07, 6.45) is 1.67. The average molecular weight is 248 g/mol. The highest BCUT2D eigenvalue weighted by atomic mass is 16.3. The number of carbonyl (C=O) groups is 1. The second-order valence-corrected chi connectivity index (χ2v) is 5.21. The molecular formula is C14H20N2O2. The number of rotatable bonds is 3. The van der Waals surface area contributed by atoms with Crippen LogP contribution in [-0.4, -0.2) is 34.6 Å².